The number of nitrogens with one attached hydrogen (secondary N) is 1. The highest BCUT2D eigenvalue weighted by molar-refractivity contribution is 5.84. The quantitative estimate of drug-likeness (QED) is 0.664. The molecule has 1 fully saturated rings. The lowest BCUT2D eigenvalue weighted by atomic mass is 9.63. The average Bonchev–Trinajstić information content (AvgIpc) is 2.21. The normalized spacial score (nSPS) is 35.4. The summed E-state index contributed by atoms with van der Waals surface area (Å²) in [6.07, 6.45) is 4.73. The molecule has 4 atom stereocenters. The molecular weight excluding hydrogens is 194 g/mol. The van der Waals surface area contributed by atoms with Crippen molar-refractivity contribution in [1.29, 1.82) is 5.41 Å². The van der Waals surface area contributed by atoms with Crippen LogP contribution in [-0.2, 0) is 0 Å². The van der Waals surface area contributed by atoms with Crippen LogP contribution in [-0.4, -0.2) is 5.71 Å². The maximum absolute atomic E-state index is 8.18. The zero-order valence-corrected chi connectivity index (χ0v) is 11.7. The molecule has 0 spiro atoms. The van der Waals surface area contributed by atoms with Crippen molar-refractivity contribution >= 4 is 5.71 Å². The van der Waals surface area contributed by atoms with Crippen molar-refractivity contribution in [3.8, 4) is 0 Å². The summed E-state index contributed by atoms with van der Waals surface area (Å²) in [4.78, 5) is 0. The van der Waals surface area contributed by atoms with Gasteiger partial charge in [0.2, 0.25) is 0 Å². The van der Waals surface area contributed by atoms with Crippen LogP contribution in [0.3, 0.4) is 0 Å². The molecule has 0 bridgehead atoms. The van der Waals surface area contributed by atoms with E-state index in [0.29, 0.717) is 11.8 Å². The van der Waals surface area contributed by atoms with E-state index in [-0.39, 0.29) is 0 Å². The predicted molar refractivity (Wildman–Crippen MR) is 72.0 cm³/mol. The van der Waals surface area contributed by atoms with Crippen LogP contribution >= 0.6 is 0 Å². The third kappa shape index (κ3) is 2.87. The molecule has 0 aromatic rings. The molecule has 1 aliphatic carbocycles. The summed E-state index contributed by atoms with van der Waals surface area (Å²) in [5.74, 6) is 3.75. The fourth-order valence-electron chi connectivity index (χ4n) is 3.54. The second kappa shape index (κ2) is 5.84. The highest BCUT2D eigenvalue weighted by Crippen LogP contribution is 2.42. The molecular formula is C15H29N. The first kappa shape index (κ1) is 13.7. The van der Waals surface area contributed by atoms with Gasteiger partial charge in [0.15, 0.2) is 0 Å². The standard InChI is InChI=1S/C15H29N/c1-6-7-15(16)14-9-8-13(10(2)3)11(4)12(14)5/h10-14,16H,6-9H2,1-5H3. The zero-order valence-electron chi connectivity index (χ0n) is 11.7. The van der Waals surface area contributed by atoms with Crippen LogP contribution in [0.2, 0.25) is 0 Å². The molecule has 16 heavy (non-hydrogen) atoms. The van der Waals surface area contributed by atoms with Gasteiger partial charge in [0.05, 0.1) is 0 Å². The summed E-state index contributed by atoms with van der Waals surface area (Å²) >= 11 is 0. The van der Waals surface area contributed by atoms with Crippen LogP contribution in [0.4, 0.5) is 0 Å². The molecule has 0 heterocycles. The Morgan fingerprint density at radius 3 is 2.31 bits per heavy atom. The SMILES string of the molecule is CCCC(=N)C1CCC(C(C)C)C(C)C1C. The average molecular weight is 223 g/mol. The third-order valence-corrected chi connectivity index (χ3v) is 4.77. The van der Waals surface area contributed by atoms with E-state index in [1.165, 1.54) is 12.8 Å². The van der Waals surface area contributed by atoms with Gasteiger partial charge in [-0.15, -0.1) is 0 Å². The molecule has 4 unspecified atom stereocenters. The maximum Gasteiger partial charge on any atom is 0.0123 e. The van der Waals surface area contributed by atoms with Crippen LogP contribution in [0.1, 0.15) is 60.3 Å². The smallest absolute Gasteiger partial charge is 0.0123 e. The van der Waals surface area contributed by atoms with Gasteiger partial charge in [-0.1, -0.05) is 41.0 Å². The van der Waals surface area contributed by atoms with Gasteiger partial charge in [0.25, 0.3) is 0 Å². The van der Waals surface area contributed by atoms with Gasteiger partial charge in [-0.3, -0.25) is 0 Å². The number of rotatable bonds is 4. The van der Waals surface area contributed by atoms with Gasteiger partial charge in [-0.05, 0) is 48.9 Å². The molecule has 1 heteroatoms. The Kier molecular flexibility index (Phi) is 5.01. The summed E-state index contributed by atoms with van der Waals surface area (Å²) in [6.45, 7) is 11.7. The molecule has 1 N–H and O–H groups in total. The minimum Gasteiger partial charge on any atom is -0.309 e. The van der Waals surface area contributed by atoms with E-state index in [1.54, 1.807) is 0 Å². The fraction of sp³-hybridized carbons (Fsp3) is 0.933. The van der Waals surface area contributed by atoms with Gasteiger partial charge in [-0.2, -0.15) is 0 Å². The van der Waals surface area contributed by atoms with Gasteiger partial charge < -0.3 is 5.41 Å². The summed E-state index contributed by atoms with van der Waals surface area (Å²) < 4.78 is 0. The van der Waals surface area contributed by atoms with Crippen molar-refractivity contribution in [2.45, 2.75) is 60.3 Å². The van der Waals surface area contributed by atoms with E-state index < -0.39 is 0 Å². The van der Waals surface area contributed by atoms with E-state index in [0.717, 1.165) is 36.3 Å². The van der Waals surface area contributed by atoms with Crippen molar-refractivity contribution in [3.63, 3.8) is 0 Å². The second-order valence-corrected chi connectivity index (χ2v) is 6.09. The first-order chi connectivity index (χ1) is 7.49. The summed E-state index contributed by atoms with van der Waals surface area (Å²) in [6, 6.07) is 0. The van der Waals surface area contributed by atoms with E-state index in [4.69, 9.17) is 5.41 Å². The van der Waals surface area contributed by atoms with Crippen LogP contribution in [0.25, 0.3) is 0 Å². The lowest BCUT2D eigenvalue weighted by Crippen LogP contribution is -2.37. The Labute approximate surface area is 102 Å². The Morgan fingerprint density at radius 2 is 1.81 bits per heavy atom. The van der Waals surface area contributed by atoms with E-state index in [1.807, 2.05) is 0 Å². The molecule has 1 saturated carbocycles. The van der Waals surface area contributed by atoms with Gasteiger partial charge in [0, 0.05) is 5.71 Å². The Morgan fingerprint density at radius 1 is 1.19 bits per heavy atom. The topological polar surface area (TPSA) is 23.9 Å². The molecule has 1 aliphatic rings. The van der Waals surface area contributed by atoms with Crippen LogP contribution in [0, 0.1) is 35.0 Å². The monoisotopic (exact) mass is 223 g/mol. The number of hydrogen-bond acceptors (Lipinski definition) is 1. The fourth-order valence-corrected chi connectivity index (χ4v) is 3.54. The predicted octanol–water partition coefficient (Wildman–Crippen LogP) is 4.76. The molecule has 0 amide bonds. The Bertz CT molecular complexity index is 232. The minimum atomic E-state index is 0.574. The van der Waals surface area contributed by atoms with E-state index in [2.05, 4.69) is 34.6 Å². The van der Waals surface area contributed by atoms with E-state index in [9.17, 15) is 0 Å². The third-order valence-electron chi connectivity index (χ3n) is 4.77. The van der Waals surface area contributed by atoms with Crippen molar-refractivity contribution < 1.29 is 0 Å². The van der Waals surface area contributed by atoms with Crippen molar-refractivity contribution in [3.05, 3.63) is 0 Å². The Hall–Kier alpha value is -0.330. The lowest BCUT2D eigenvalue weighted by molar-refractivity contribution is 0.113. The second-order valence-electron chi connectivity index (χ2n) is 6.09. The molecule has 0 aromatic heterocycles. The minimum absolute atomic E-state index is 0.574. The summed E-state index contributed by atoms with van der Waals surface area (Å²) in [5.41, 5.74) is 1.02. The van der Waals surface area contributed by atoms with Gasteiger partial charge in [0.1, 0.15) is 0 Å². The highest BCUT2D eigenvalue weighted by atomic mass is 14.5. The van der Waals surface area contributed by atoms with Crippen LogP contribution in [0.15, 0.2) is 0 Å². The highest BCUT2D eigenvalue weighted by Gasteiger charge is 2.36. The largest absolute Gasteiger partial charge is 0.309 e. The molecule has 0 aliphatic heterocycles. The number of hydrogen-bond donors (Lipinski definition) is 1. The lowest BCUT2D eigenvalue weighted by Gasteiger charge is -2.42. The first-order valence-electron chi connectivity index (χ1n) is 7.06. The molecule has 0 saturated heterocycles. The maximum atomic E-state index is 8.18. The molecule has 0 radical (unpaired) electrons. The van der Waals surface area contributed by atoms with Crippen LogP contribution in [0.5, 0.6) is 0 Å². The summed E-state index contributed by atoms with van der Waals surface area (Å²) in [5, 5.41) is 8.18. The van der Waals surface area contributed by atoms with E-state index >= 15 is 0 Å². The molecule has 0 aromatic carbocycles. The summed E-state index contributed by atoms with van der Waals surface area (Å²) in [7, 11) is 0. The zero-order chi connectivity index (χ0) is 12.3. The van der Waals surface area contributed by atoms with Gasteiger partial charge in [-0.25, -0.2) is 0 Å². The molecule has 1 nitrogen and oxygen atoms in total. The van der Waals surface area contributed by atoms with Crippen molar-refractivity contribution in [2.75, 3.05) is 0 Å². The molecule has 94 valence electrons. The van der Waals surface area contributed by atoms with Crippen molar-refractivity contribution in [1.82, 2.24) is 0 Å². The van der Waals surface area contributed by atoms with Gasteiger partial charge >= 0.3 is 0 Å². The first-order valence-corrected chi connectivity index (χ1v) is 7.06. The van der Waals surface area contributed by atoms with Crippen molar-refractivity contribution in [2.24, 2.45) is 29.6 Å². The van der Waals surface area contributed by atoms with Crippen LogP contribution < -0.4 is 0 Å². The molecule has 1 rings (SSSR count). The Balaban J connectivity index is 2.64.